The Labute approximate surface area is 230 Å². The van der Waals surface area contributed by atoms with Crippen molar-refractivity contribution in [2.45, 2.75) is 91.4 Å². The minimum Gasteiger partial charge on any atom is -0.497 e. The molecule has 0 N–H and O–H groups in total. The zero-order valence-corrected chi connectivity index (χ0v) is 24.0. The van der Waals surface area contributed by atoms with Gasteiger partial charge < -0.3 is 4.74 Å². The molecule has 4 rings (SSSR count). The first-order valence-corrected chi connectivity index (χ1v) is 14.6. The van der Waals surface area contributed by atoms with Crippen LogP contribution in [0.1, 0.15) is 99.5 Å². The number of rotatable bonds is 13. The van der Waals surface area contributed by atoms with Gasteiger partial charge in [-0.3, -0.25) is 4.79 Å². The fourth-order valence-electron chi connectivity index (χ4n) is 4.96. The van der Waals surface area contributed by atoms with Crippen LogP contribution in [0.25, 0.3) is 21.5 Å². The summed E-state index contributed by atoms with van der Waals surface area (Å²) >= 11 is 0. The summed E-state index contributed by atoms with van der Waals surface area (Å²) in [5.41, 5.74) is 3.49. The molecule has 0 radical (unpaired) electrons. The van der Waals surface area contributed by atoms with Gasteiger partial charge in [0, 0.05) is 5.56 Å². The number of aryl methyl sites for hydroxylation is 2. The molecule has 4 aromatic carbocycles. The summed E-state index contributed by atoms with van der Waals surface area (Å²) in [6.45, 7) is 5.94. The fourth-order valence-corrected chi connectivity index (χ4v) is 4.96. The summed E-state index contributed by atoms with van der Waals surface area (Å²) in [5, 5.41) is 4.90. The lowest BCUT2D eigenvalue weighted by molar-refractivity contribution is 0.101. The quantitative estimate of drug-likeness (QED) is 0.132. The average molecular weight is 511 g/mol. The van der Waals surface area contributed by atoms with Gasteiger partial charge in [-0.25, -0.2) is 0 Å². The van der Waals surface area contributed by atoms with Crippen molar-refractivity contribution in [3.63, 3.8) is 0 Å². The van der Waals surface area contributed by atoms with E-state index in [1.807, 2.05) is 24.3 Å². The number of hydrogen-bond donors (Lipinski definition) is 0. The maximum Gasteiger partial charge on any atom is 0.159 e. The molecule has 4 aromatic rings. The molecular weight excluding hydrogens is 464 g/mol. The van der Waals surface area contributed by atoms with Crippen LogP contribution in [0, 0.1) is 6.92 Å². The number of carbonyl (C=O) groups is 1. The van der Waals surface area contributed by atoms with Crippen molar-refractivity contribution >= 4 is 27.3 Å². The number of benzene rings is 4. The lowest BCUT2D eigenvalue weighted by Crippen LogP contribution is -1.90. The van der Waals surface area contributed by atoms with E-state index in [2.05, 4.69) is 62.4 Å². The highest BCUT2D eigenvalue weighted by Gasteiger charge is 2.01. The van der Waals surface area contributed by atoms with Crippen molar-refractivity contribution in [2.24, 2.45) is 0 Å². The highest BCUT2D eigenvalue weighted by Crippen LogP contribution is 2.23. The van der Waals surface area contributed by atoms with Gasteiger partial charge in [0.05, 0.1) is 7.11 Å². The smallest absolute Gasteiger partial charge is 0.159 e. The summed E-state index contributed by atoms with van der Waals surface area (Å²) in [4.78, 5) is 11.2. The lowest BCUT2D eigenvalue weighted by atomic mass is 10.0. The summed E-state index contributed by atoms with van der Waals surface area (Å²) in [5.74, 6) is 1.05. The number of fused-ring (bicyclic) bond motifs is 2. The van der Waals surface area contributed by atoms with Crippen LogP contribution in [-0.4, -0.2) is 12.9 Å². The van der Waals surface area contributed by atoms with E-state index in [0.29, 0.717) is 0 Å². The zero-order valence-electron chi connectivity index (χ0n) is 24.0. The molecule has 0 heterocycles. The standard InChI is InChI=1S/C23H34O.C13H12O/c1-3-4-5-6-7-8-9-10-11-12-13-20-14-15-22-19-23(24-2)17-16-21(22)18-20;1-9-3-4-13-8-11(10(2)14)5-6-12(13)7-9/h14-19H,3-13H2,1-2H3;3-8H,1-2H3. The van der Waals surface area contributed by atoms with E-state index in [4.69, 9.17) is 4.74 Å². The van der Waals surface area contributed by atoms with E-state index in [1.54, 1.807) is 14.0 Å². The molecule has 0 spiro atoms. The van der Waals surface area contributed by atoms with Crippen molar-refractivity contribution in [1.82, 2.24) is 0 Å². The third-order valence-electron chi connectivity index (χ3n) is 7.33. The molecule has 0 amide bonds. The monoisotopic (exact) mass is 510 g/mol. The maximum atomic E-state index is 11.2. The largest absolute Gasteiger partial charge is 0.497 e. The number of hydrogen-bond acceptors (Lipinski definition) is 2. The number of ether oxygens (including phenoxy) is 1. The average Bonchev–Trinajstić information content (AvgIpc) is 2.93. The molecular formula is C36H46O2. The Kier molecular flexibility index (Phi) is 12.4. The van der Waals surface area contributed by atoms with Gasteiger partial charge in [0.25, 0.3) is 0 Å². The van der Waals surface area contributed by atoms with Gasteiger partial charge in [-0.05, 0) is 72.0 Å². The van der Waals surface area contributed by atoms with E-state index in [1.165, 1.54) is 97.9 Å². The van der Waals surface area contributed by atoms with E-state index < -0.39 is 0 Å². The van der Waals surface area contributed by atoms with Gasteiger partial charge in [-0.2, -0.15) is 0 Å². The molecule has 0 aliphatic carbocycles. The fraction of sp³-hybridized carbons (Fsp3) is 0.417. The molecule has 38 heavy (non-hydrogen) atoms. The molecule has 0 aromatic heterocycles. The minimum absolute atomic E-state index is 0.118. The van der Waals surface area contributed by atoms with E-state index in [-0.39, 0.29) is 5.78 Å². The summed E-state index contributed by atoms with van der Waals surface area (Å²) < 4.78 is 5.29. The molecule has 2 nitrogen and oxygen atoms in total. The number of ketones is 1. The van der Waals surface area contributed by atoms with Gasteiger partial charge in [0.1, 0.15) is 5.75 Å². The van der Waals surface area contributed by atoms with Crippen LogP contribution in [0.15, 0.2) is 72.8 Å². The summed E-state index contributed by atoms with van der Waals surface area (Å²) in [7, 11) is 1.72. The molecule has 0 bridgehead atoms. The molecule has 0 unspecified atom stereocenters. The van der Waals surface area contributed by atoms with Crippen molar-refractivity contribution in [2.75, 3.05) is 7.11 Å². The topological polar surface area (TPSA) is 26.3 Å². The molecule has 202 valence electrons. The molecule has 0 aliphatic heterocycles. The van der Waals surface area contributed by atoms with Crippen LogP contribution in [0.5, 0.6) is 5.75 Å². The van der Waals surface area contributed by atoms with Crippen molar-refractivity contribution in [3.05, 3.63) is 89.5 Å². The van der Waals surface area contributed by atoms with Gasteiger partial charge in [0.15, 0.2) is 5.78 Å². The summed E-state index contributed by atoms with van der Waals surface area (Å²) in [6.07, 6.45) is 15.2. The SMILES string of the molecule is CC(=O)c1ccc2cc(C)ccc2c1.CCCCCCCCCCCCc1ccc2cc(OC)ccc2c1. The maximum absolute atomic E-state index is 11.2. The molecule has 0 saturated heterocycles. The second kappa shape index (κ2) is 16.0. The lowest BCUT2D eigenvalue weighted by Gasteiger charge is -2.06. The Morgan fingerprint density at radius 2 is 1.18 bits per heavy atom. The number of methoxy groups -OCH3 is 1. The van der Waals surface area contributed by atoms with Crippen molar-refractivity contribution in [3.8, 4) is 5.75 Å². The van der Waals surface area contributed by atoms with E-state index in [0.717, 1.165) is 16.7 Å². The second-order valence-corrected chi connectivity index (χ2v) is 10.6. The first-order valence-electron chi connectivity index (χ1n) is 14.6. The van der Waals surface area contributed by atoms with Gasteiger partial charge >= 0.3 is 0 Å². The van der Waals surface area contributed by atoms with E-state index >= 15 is 0 Å². The van der Waals surface area contributed by atoms with Crippen molar-refractivity contribution in [1.29, 1.82) is 0 Å². The normalized spacial score (nSPS) is 10.8. The predicted molar refractivity (Wildman–Crippen MR) is 165 cm³/mol. The van der Waals surface area contributed by atoms with E-state index in [9.17, 15) is 4.79 Å². The van der Waals surface area contributed by atoms with Crippen LogP contribution < -0.4 is 4.74 Å². The minimum atomic E-state index is 0.118. The number of unbranched alkanes of at least 4 members (excludes halogenated alkanes) is 9. The first kappa shape index (κ1) is 29.4. The van der Waals surface area contributed by atoms with Gasteiger partial charge in [-0.15, -0.1) is 0 Å². The third-order valence-corrected chi connectivity index (χ3v) is 7.33. The Morgan fingerprint density at radius 1 is 0.632 bits per heavy atom. The molecule has 0 fully saturated rings. The van der Waals surface area contributed by atoms with Crippen LogP contribution >= 0.6 is 0 Å². The number of carbonyl (C=O) groups excluding carboxylic acids is 1. The molecule has 0 atom stereocenters. The van der Waals surface area contributed by atoms with Crippen LogP contribution in [-0.2, 0) is 6.42 Å². The highest BCUT2D eigenvalue weighted by atomic mass is 16.5. The number of Topliss-reactive ketones (excluding diaryl/α,β-unsaturated/α-hetero) is 1. The molecule has 0 aliphatic rings. The van der Waals surface area contributed by atoms with Crippen LogP contribution in [0.3, 0.4) is 0 Å². The molecule has 0 saturated carbocycles. The van der Waals surface area contributed by atoms with Gasteiger partial charge in [0.2, 0.25) is 0 Å². The Balaban J connectivity index is 0.000000241. The Bertz CT molecular complexity index is 1290. The predicted octanol–water partition coefficient (Wildman–Crippen LogP) is 10.7. The molecule has 2 heteroatoms. The second-order valence-electron chi connectivity index (χ2n) is 10.6. The van der Waals surface area contributed by atoms with Crippen LogP contribution in [0.4, 0.5) is 0 Å². The Hall–Kier alpha value is -3.13. The Morgan fingerprint density at radius 3 is 1.87 bits per heavy atom. The van der Waals surface area contributed by atoms with Crippen LogP contribution in [0.2, 0.25) is 0 Å². The zero-order chi connectivity index (χ0) is 27.2. The third kappa shape index (κ3) is 9.63. The highest BCUT2D eigenvalue weighted by molar-refractivity contribution is 5.98. The van der Waals surface area contributed by atoms with Crippen molar-refractivity contribution < 1.29 is 9.53 Å². The summed E-state index contributed by atoms with van der Waals surface area (Å²) in [6, 6.07) is 25.2. The van der Waals surface area contributed by atoms with Gasteiger partial charge in [-0.1, -0.05) is 125 Å². The first-order chi connectivity index (χ1) is 18.5.